The Labute approximate surface area is 204 Å². The number of piperazine rings is 1. The third kappa shape index (κ3) is 5.48. The maximum absolute atomic E-state index is 13.0. The van der Waals surface area contributed by atoms with Crippen molar-refractivity contribution in [1.29, 1.82) is 0 Å². The van der Waals surface area contributed by atoms with E-state index in [0.29, 0.717) is 31.7 Å². The number of nitrogens with zero attached hydrogens (tertiary/aromatic N) is 2. The lowest BCUT2D eigenvalue weighted by atomic mass is 9.86. The molecule has 190 valence electrons. The Balaban J connectivity index is 1.45. The minimum Gasteiger partial charge on any atom is -0.493 e. The predicted molar refractivity (Wildman–Crippen MR) is 128 cm³/mol. The van der Waals surface area contributed by atoms with Crippen LogP contribution in [0.2, 0.25) is 0 Å². The lowest BCUT2D eigenvalue weighted by Gasteiger charge is -2.49. The first kappa shape index (κ1) is 25.5. The van der Waals surface area contributed by atoms with E-state index >= 15 is 0 Å². The van der Waals surface area contributed by atoms with Gasteiger partial charge in [0, 0.05) is 50.3 Å². The van der Waals surface area contributed by atoms with Crippen LogP contribution in [0.3, 0.4) is 0 Å². The van der Waals surface area contributed by atoms with Crippen LogP contribution in [0.15, 0.2) is 36.4 Å². The van der Waals surface area contributed by atoms with Crippen molar-refractivity contribution in [2.45, 2.75) is 57.8 Å². The smallest absolute Gasteiger partial charge is 0.416 e. The number of alkyl halides is 3. The Morgan fingerprint density at radius 3 is 2.49 bits per heavy atom. The molecule has 1 N–H and O–H groups in total. The number of fused-ring (bicyclic) bond motifs is 1. The van der Waals surface area contributed by atoms with Crippen molar-refractivity contribution in [3.8, 4) is 5.75 Å². The number of carbonyl (C=O) groups excluding carboxylic acids is 1. The molecule has 2 aliphatic rings. The van der Waals surface area contributed by atoms with Crippen LogP contribution in [0.1, 0.15) is 64.3 Å². The van der Waals surface area contributed by atoms with Crippen molar-refractivity contribution in [2.24, 2.45) is 0 Å². The molecule has 1 amide bonds. The lowest BCUT2D eigenvalue weighted by molar-refractivity contribution is -0.137. The number of aliphatic hydroxyl groups excluding tert-OH is 1. The quantitative estimate of drug-likeness (QED) is 0.570. The highest BCUT2D eigenvalue weighted by atomic mass is 19.4. The van der Waals surface area contributed by atoms with Gasteiger partial charge in [-0.25, -0.2) is 0 Å². The molecule has 0 aromatic heterocycles. The molecule has 2 aromatic carbocycles. The van der Waals surface area contributed by atoms with E-state index in [0.717, 1.165) is 49.3 Å². The highest BCUT2D eigenvalue weighted by molar-refractivity contribution is 5.94. The van der Waals surface area contributed by atoms with Crippen LogP contribution >= 0.6 is 0 Å². The molecule has 0 saturated carbocycles. The van der Waals surface area contributed by atoms with Crippen molar-refractivity contribution in [3.63, 3.8) is 0 Å². The number of rotatable bonds is 6. The number of benzene rings is 2. The minimum absolute atomic E-state index is 0.104. The van der Waals surface area contributed by atoms with Gasteiger partial charge in [-0.1, -0.05) is 6.07 Å². The molecule has 0 radical (unpaired) electrons. The Morgan fingerprint density at radius 1 is 1.06 bits per heavy atom. The molecule has 2 fully saturated rings. The molecule has 5 nitrogen and oxygen atoms in total. The summed E-state index contributed by atoms with van der Waals surface area (Å²) in [6.45, 7) is 6.63. The van der Waals surface area contributed by atoms with Gasteiger partial charge in [0.2, 0.25) is 0 Å². The fourth-order valence-corrected chi connectivity index (χ4v) is 5.33. The fraction of sp³-hybridized carbons (Fsp3) is 0.519. The van der Waals surface area contributed by atoms with Crippen LogP contribution in [0.25, 0.3) is 0 Å². The summed E-state index contributed by atoms with van der Waals surface area (Å²) in [6, 6.07) is 9.15. The molecule has 8 heteroatoms. The molecule has 2 aliphatic heterocycles. The zero-order valence-electron chi connectivity index (χ0n) is 20.3. The van der Waals surface area contributed by atoms with Gasteiger partial charge in [-0.05, 0) is 80.1 Å². The molecule has 35 heavy (non-hydrogen) atoms. The van der Waals surface area contributed by atoms with Crippen LogP contribution in [-0.4, -0.2) is 59.7 Å². The standard InChI is InChI=1S/C27H33F3N2O3/c1-18-19(2)25(35-16-4-15-33)12-11-23(18)24-6-3-5-22-17-31(13-14-32(22)24)26(34)20-7-9-21(10-8-20)27(28,29)30/h7-12,22,24,33H,3-6,13-17H2,1-2H3/t22-,24+/m0/s1. The zero-order chi connectivity index (χ0) is 25.2. The van der Waals surface area contributed by atoms with Gasteiger partial charge in [0.15, 0.2) is 0 Å². The lowest BCUT2D eigenvalue weighted by Crippen LogP contribution is -2.57. The van der Waals surface area contributed by atoms with Crippen LogP contribution in [-0.2, 0) is 6.18 Å². The average molecular weight is 491 g/mol. The molecular weight excluding hydrogens is 457 g/mol. The summed E-state index contributed by atoms with van der Waals surface area (Å²) in [5, 5.41) is 9.00. The number of carbonyl (C=O) groups is 1. The molecule has 2 saturated heterocycles. The molecular formula is C27H33F3N2O3. The Morgan fingerprint density at radius 2 is 1.80 bits per heavy atom. The van der Waals surface area contributed by atoms with E-state index < -0.39 is 11.7 Å². The molecule has 0 unspecified atom stereocenters. The number of amides is 1. The van der Waals surface area contributed by atoms with Gasteiger partial charge >= 0.3 is 6.18 Å². The highest BCUT2D eigenvalue weighted by Gasteiger charge is 2.38. The van der Waals surface area contributed by atoms with E-state index in [1.54, 1.807) is 4.90 Å². The van der Waals surface area contributed by atoms with Crippen LogP contribution in [0, 0.1) is 13.8 Å². The predicted octanol–water partition coefficient (Wildman–Crippen LogP) is 5.14. The number of piperidine rings is 1. The number of hydrogen-bond acceptors (Lipinski definition) is 4. The summed E-state index contributed by atoms with van der Waals surface area (Å²) in [7, 11) is 0. The zero-order valence-corrected chi connectivity index (χ0v) is 20.3. The van der Waals surface area contributed by atoms with Crippen molar-refractivity contribution in [3.05, 3.63) is 64.2 Å². The summed E-state index contributed by atoms with van der Waals surface area (Å²) >= 11 is 0. The van der Waals surface area contributed by atoms with E-state index in [9.17, 15) is 18.0 Å². The number of hydrogen-bond donors (Lipinski definition) is 1. The number of aliphatic hydroxyl groups is 1. The van der Waals surface area contributed by atoms with Crippen LogP contribution in [0.4, 0.5) is 13.2 Å². The molecule has 2 atom stereocenters. The molecule has 0 spiro atoms. The van der Waals surface area contributed by atoms with Crippen molar-refractivity contribution >= 4 is 5.91 Å². The molecule has 0 bridgehead atoms. The van der Waals surface area contributed by atoms with E-state index in [1.807, 2.05) is 6.07 Å². The maximum atomic E-state index is 13.0. The molecule has 2 heterocycles. The van der Waals surface area contributed by atoms with Gasteiger partial charge in [0.05, 0.1) is 12.2 Å². The van der Waals surface area contributed by atoms with Gasteiger partial charge in [0.1, 0.15) is 5.75 Å². The van der Waals surface area contributed by atoms with E-state index in [2.05, 4.69) is 24.8 Å². The summed E-state index contributed by atoms with van der Waals surface area (Å²) in [5.41, 5.74) is 3.15. The van der Waals surface area contributed by atoms with Crippen molar-refractivity contribution in [1.82, 2.24) is 9.80 Å². The van der Waals surface area contributed by atoms with Crippen LogP contribution in [0.5, 0.6) is 5.75 Å². The first-order valence-corrected chi connectivity index (χ1v) is 12.3. The Hall–Kier alpha value is -2.58. The topological polar surface area (TPSA) is 53.0 Å². The van der Waals surface area contributed by atoms with Gasteiger partial charge in [-0.15, -0.1) is 0 Å². The second-order valence-electron chi connectivity index (χ2n) is 9.49. The third-order valence-corrected chi connectivity index (χ3v) is 7.39. The van der Waals surface area contributed by atoms with Gasteiger partial charge in [0.25, 0.3) is 5.91 Å². The summed E-state index contributed by atoms with van der Waals surface area (Å²) in [4.78, 5) is 17.3. The second-order valence-corrected chi connectivity index (χ2v) is 9.49. The number of ether oxygens (including phenoxy) is 1. The SMILES string of the molecule is Cc1c(OCCCO)ccc([C@H]2CCC[C@H]3CN(C(=O)c4ccc(C(F)(F)F)cc4)CCN32)c1C. The highest BCUT2D eigenvalue weighted by Crippen LogP contribution is 2.39. The minimum atomic E-state index is -4.41. The normalized spacial score (nSPS) is 21.0. The second kappa shape index (κ2) is 10.6. The largest absolute Gasteiger partial charge is 0.493 e. The van der Waals surface area contributed by atoms with Crippen molar-refractivity contribution < 1.29 is 27.8 Å². The van der Waals surface area contributed by atoms with Gasteiger partial charge < -0.3 is 14.7 Å². The third-order valence-electron chi connectivity index (χ3n) is 7.39. The average Bonchev–Trinajstić information content (AvgIpc) is 2.85. The van der Waals surface area contributed by atoms with Gasteiger partial charge in [-0.2, -0.15) is 13.2 Å². The van der Waals surface area contributed by atoms with Crippen LogP contribution < -0.4 is 4.74 Å². The summed E-state index contributed by atoms with van der Waals surface area (Å²) in [5.74, 6) is 0.635. The molecule has 0 aliphatic carbocycles. The fourth-order valence-electron chi connectivity index (χ4n) is 5.33. The van der Waals surface area contributed by atoms with E-state index in [1.165, 1.54) is 23.3 Å². The Kier molecular flexibility index (Phi) is 7.71. The molecule has 2 aromatic rings. The number of halogens is 3. The van der Waals surface area contributed by atoms with Crippen molar-refractivity contribution in [2.75, 3.05) is 32.8 Å². The summed E-state index contributed by atoms with van der Waals surface area (Å²) in [6.07, 6.45) is -0.714. The summed E-state index contributed by atoms with van der Waals surface area (Å²) < 4.78 is 44.4. The van der Waals surface area contributed by atoms with E-state index in [-0.39, 0.29) is 24.6 Å². The van der Waals surface area contributed by atoms with E-state index in [4.69, 9.17) is 9.84 Å². The monoisotopic (exact) mass is 490 g/mol. The Bertz CT molecular complexity index is 1040. The van der Waals surface area contributed by atoms with Gasteiger partial charge in [-0.3, -0.25) is 9.69 Å². The maximum Gasteiger partial charge on any atom is 0.416 e. The molecule has 4 rings (SSSR count). The first-order valence-electron chi connectivity index (χ1n) is 12.3. The first-order chi connectivity index (χ1) is 16.7.